The van der Waals surface area contributed by atoms with E-state index in [1.165, 1.54) is 6.42 Å². The van der Waals surface area contributed by atoms with Gasteiger partial charge in [0.25, 0.3) is 0 Å². The Balaban J connectivity index is 2.40. The molecule has 1 aliphatic rings. The lowest BCUT2D eigenvalue weighted by atomic mass is 9.95. The van der Waals surface area contributed by atoms with E-state index in [0.29, 0.717) is 12.0 Å². The molecule has 9 heavy (non-hydrogen) atoms. The monoisotopic (exact) mass is 128 g/mol. The van der Waals surface area contributed by atoms with Crippen molar-refractivity contribution in [3.05, 3.63) is 0 Å². The first-order valence-corrected chi connectivity index (χ1v) is 3.83. The van der Waals surface area contributed by atoms with Crippen LogP contribution in [0.15, 0.2) is 0 Å². The molecule has 2 atom stereocenters. The third kappa shape index (κ3) is 1.45. The first-order chi connectivity index (χ1) is 4.22. The zero-order valence-electron chi connectivity index (χ0n) is 6.55. The maximum Gasteiger partial charge on any atom is 0.0624 e. The molecule has 0 aromatic heterocycles. The van der Waals surface area contributed by atoms with Crippen LogP contribution in [-0.2, 0) is 4.74 Å². The summed E-state index contributed by atoms with van der Waals surface area (Å²) in [5, 5.41) is 0. The first-order valence-electron chi connectivity index (χ1n) is 3.83. The summed E-state index contributed by atoms with van der Waals surface area (Å²) in [6.45, 7) is 7.71. The Morgan fingerprint density at radius 2 is 2.11 bits per heavy atom. The van der Waals surface area contributed by atoms with E-state index >= 15 is 0 Å². The summed E-state index contributed by atoms with van der Waals surface area (Å²) in [7, 11) is 0. The Hall–Kier alpha value is -0.0400. The molecule has 0 aromatic carbocycles. The molecule has 1 aliphatic heterocycles. The second-order valence-electron chi connectivity index (χ2n) is 3.35. The number of rotatable bonds is 1. The predicted molar refractivity (Wildman–Crippen MR) is 38.4 cm³/mol. The van der Waals surface area contributed by atoms with Gasteiger partial charge in [-0.3, -0.25) is 0 Å². The third-order valence-corrected chi connectivity index (χ3v) is 2.10. The highest BCUT2D eigenvalue weighted by Crippen LogP contribution is 2.25. The van der Waals surface area contributed by atoms with Crippen LogP contribution >= 0.6 is 0 Å². The van der Waals surface area contributed by atoms with Crippen molar-refractivity contribution in [3.8, 4) is 0 Å². The molecular formula is C8H16O. The minimum atomic E-state index is 0.532. The summed E-state index contributed by atoms with van der Waals surface area (Å²) in [5.74, 6) is 1.48. The Kier molecular flexibility index (Phi) is 2.12. The molecule has 1 heterocycles. The second kappa shape index (κ2) is 2.70. The van der Waals surface area contributed by atoms with E-state index in [2.05, 4.69) is 20.8 Å². The fourth-order valence-electron chi connectivity index (χ4n) is 1.57. The van der Waals surface area contributed by atoms with Crippen LogP contribution in [0, 0.1) is 11.8 Å². The van der Waals surface area contributed by atoms with Crippen molar-refractivity contribution in [1.29, 1.82) is 0 Å². The van der Waals surface area contributed by atoms with Crippen LogP contribution in [-0.4, -0.2) is 12.7 Å². The van der Waals surface area contributed by atoms with Gasteiger partial charge in [-0.2, -0.15) is 0 Å². The lowest BCUT2D eigenvalue weighted by Gasteiger charge is -2.17. The van der Waals surface area contributed by atoms with Gasteiger partial charge in [0.2, 0.25) is 0 Å². The lowest BCUT2D eigenvalue weighted by Crippen LogP contribution is -2.19. The van der Waals surface area contributed by atoms with Crippen LogP contribution < -0.4 is 0 Å². The maximum atomic E-state index is 5.53. The van der Waals surface area contributed by atoms with Crippen LogP contribution in [0.3, 0.4) is 0 Å². The van der Waals surface area contributed by atoms with Crippen molar-refractivity contribution < 1.29 is 4.74 Å². The molecule has 1 fully saturated rings. The molecule has 0 radical (unpaired) electrons. The number of hydrogen-bond donors (Lipinski definition) is 0. The molecule has 1 unspecified atom stereocenters. The van der Waals surface area contributed by atoms with Crippen LogP contribution in [0.4, 0.5) is 0 Å². The molecule has 0 aliphatic carbocycles. The molecule has 0 bridgehead atoms. The number of hydrogen-bond acceptors (Lipinski definition) is 1. The SMILES string of the molecule is CC(C)[C@H]1OCCC1C. The fourth-order valence-corrected chi connectivity index (χ4v) is 1.57. The van der Waals surface area contributed by atoms with Crippen LogP contribution in [0.2, 0.25) is 0 Å². The van der Waals surface area contributed by atoms with E-state index in [1.54, 1.807) is 0 Å². The molecule has 0 N–H and O–H groups in total. The topological polar surface area (TPSA) is 9.23 Å². The van der Waals surface area contributed by atoms with Crippen molar-refractivity contribution >= 4 is 0 Å². The Bertz CT molecular complexity index is 88.6. The van der Waals surface area contributed by atoms with Gasteiger partial charge in [-0.05, 0) is 18.3 Å². The molecule has 1 rings (SSSR count). The second-order valence-corrected chi connectivity index (χ2v) is 3.35. The average Bonchev–Trinajstić information content (AvgIpc) is 2.13. The molecular weight excluding hydrogens is 112 g/mol. The van der Waals surface area contributed by atoms with Gasteiger partial charge in [0.05, 0.1) is 6.10 Å². The van der Waals surface area contributed by atoms with Gasteiger partial charge in [-0.15, -0.1) is 0 Å². The minimum absolute atomic E-state index is 0.532. The van der Waals surface area contributed by atoms with Crippen LogP contribution in [0.25, 0.3) is 0 Å². The fraction of sp³-hybridized carbons (Fsp3) is 1.00. The van der Waals surface area contributed by atoms with Gasteiger partial charge in [0.1, 0.15) is 0 Å². The highest BCUT2D eigenvalue weighted by molar-refractivity contribution is 4.74. The molecule has 0 amide bonds. The van der Waals surface area contributed by atoms with Gasteiger partial charge in [0.15, 0.2) is 0 Å². The van der Waals surface area contributed by atoms with E-state index in [-0.39, 0.29) is 0 Å². The van der Waals surface area contributed by atoms with Crippen LogP contribution in [0.5, 0.6) is 0 Å². The molecule has 54 valence electrons. The summed E-state index contributed by atoms with van der Waals surface area (Å²) in [4.78, 5) is 0. The zero-order chi connectivity index (χ0) is 6.85. The Labute approximate surface area is 57.4 Å². The molecule has 1 heteroatoms. The maximum absolute atomic E-state index is 5.53. The highest BCUT2D eigenvalue weighted by Gasteiger charge is 2.26. The van der Waals surface area contributed by atoms with Crippen molar-refractivity contribution in [2.75, 3.05) is 6.61 Å². The van der Waals surface area contributed by atoms with Crippen molar-refractivity contribution in [2.24, 2.45) is 11.8 Å². The summed E-state index contributed by atoms with van der Waals surface area (Å²) in [6.07, 6.45) is 1.79. The predicted octanol–water partition coefficient (Wildman–Crippen LogP) is 2.07. The summed E-state index contributed by atoms with van der Waals surface area (Å²) >= 11 is 0. The van der Waals surface area contributed by atoms with Gasteiger partial charge < -0.3 is 4.74 Å². The first kappa shape index (κ1) is 7.07. The Morgan fingerprint density at radius 3 is 2.33 bits per heavy atom. The summed E-state index contributed by atoms with van der Waals surface area (Å²) < 4.78 is 5.53. The zero-order valence-corrected chi connectivity index (χ0v) is 6.55. The summed E-state index contributed by atoms with van der Waals surface area (Å²) in [5.41, 5.74) is 0. The van der Waals surface area contributed by atoms with Crippen molar-refractivity contribution in [3.63, 3.8) is 0 Å². The Morgan fingerprint density at radius 1 is 1.44 bits per heavy atom. The van der Waals surface area contributed by atoms with E-state index in [9.17, 15) is 0 Å². The van der Waals surface area contributed by atoms with Crippen molar-refractivity contribution in [1.82, 2.24) is 0 Å². The number of ether oxygens (including phenoxy) is 1. The van der Waals surface area contributed by atoms with Gasteiger partial charge in [0, 0.05) is 6.61 Å². The molecule has 0 saturated carbocycles. The third-order valence-electron chi connectivity index (χ3n) is 2.10. The quantitative estimate of drug-likeness (QED) is 0.525. The molecule has 0 aromatic rings. The average molecular weight is 128 g/mol. The van der Waals surface area contributed by atoms with E-state index in [0.717, 1.165) is 12.5 Å². The standard InChI is InChI=1S/C8H16O/c1-6(2)8-7(3)4-5-9-8/h6-8H,4-5H2,1-3H3/t7?,8-/m1/s1. The van der Waals surface area contributed by atoms with Gasteiger partial charge in [-0.1, -0.05) is 20.8 Å². The molecule has 1 saturated heterocycles. The van der Waals surface area contributed by atoms with Crippen molar-refractivity contribution in [2.45, 2.75) is 33.3 Å². The van der Waals surface area contributed by atoms with E-state index in [4.69, 9.17) is 4.74 Å². The van der Waals surface area contributed by atoms with Gasteiger partial charge >= 0.3 is 0 Å². The lowest BCUT2D eigenvalue weighted by molar-refractivity contribution is 0.0577. The van der Waals surface area contributed by atoms with E-state index < -0.39 is 0 Å². The minimum Gasteiger partial charge on any atom is -0.378 e. The van der Waals surface area contributed by atoms with E-state index in [1.807, 2.05) is 0 Å². The summed E-state index contributed by atoms with van der Waals surface area (Å²) in [6, 6.07) is 0. The molecule has 0 spiro atoms. The largest absolute Gasteiger partial charge is 0.378 e. The van der Waals surface area contributed by atoms with Gasteiger partial charge in [-0.25, -0.2) is 0 Å². The smallest absolute Gasteiger partial charge is 0.0624 e. The van der Waals surface area contributed by atoms with Crippen LogP contribution in [0.1, 0.15) is 27.2 Å². The normalized spacial score (nSPS) is 36.0. The molecule has 1 nitrogen and oxygen atoms in total. The highest BCUT2D eigenvalue weighted by atomic mass is 16.5.